The number of esters is 1. The number of nitrogens with zero attached hydrogens (tertiary/aromatic N) is 1. The fourth-order valence-corrected chi connectivity index (χ4v) is 2.67. The SMILES string of the molecule is COC(=O)c1cc(N2CCCC(C)(C)C2)ccc1N. The quantitative estimate of drug-likeness (QED) is 0.657. The zero-order valence-corrected chi connectivity index (χ0v) is 11.9. The van der Waals surface area contributed by atoms with Gasteiger partial charge in [-0.3, -0.25) is 0 Å². The maximum atomic E-state index is 11.7. The van der Waals surface area contributed by atoms with Gasteiger partial charge in [0.05, 0.1) is 12.7 Å². The van der Waals surface area contributed by atoms with Crippen LogP contribution in [0.3, 0.4) is 0 Å². The maximum absolute atomic E-state index is 11.7. The van der Waals surface area contributed by atoms with E-state index in [9.17, 15) is 4.79 Å². The third-order valence-corrected chi connectivity index (χ3v) is 3.71. The minimum absolute atomic E-state index is 0.311. The Hall–Kier alpha value is -1.71. The summed E-state index contributed by atoms with van der Waals surface area (Å²) in [5, 5.41) is 0. The van der Waals surface area contributed by atoms with E-state index < -0.39 is 0 Å². The smallest absolute Gasteiger partial charge is 0.340 e. The third kappa shape index (κ3) is 3.00. The van der Waals surface area contributed by atoms with Crippen LogP contribution in [-0.4, -0.2) is 26.2 Å². The Morgan fingerprint density at radius 3 is 2.79 bits per heavy atom. The van der Waals surface area contributed by atoms with Gasteiger partial charge in [-0.25, -0.2) is 4.79 Å². The number of carbonyl (C=O) groups is 1. The summed E-state index contributed by atoms with van der Waals surface area (Å²) in [4.78, 5) is 14.0. The zero-order valence-electron chi connectivity index (χ0n) is 11.9. The largest absolute Gasteiger partial charge is 0.465 e. The molecule has 0 atom stereocenters. The minimum Gasteiger partial charge on any atom is -0.465 e. The Labute approximate surface area is 114 Å². The lowest BCUT2D eigenvalue weighted by atomic mass is 9.84. The monoisotopic (exact) mass is 262 g/mol. The van der Waals surface area contributed by atoms with E-state index in [1.165, 1.54) is 20.0 Å². The van der Waals surface area contributed by atoms with E-state index in [0.717, 1.165) is 18.8 Å². The van der Waals surface area contributed by atoms with E-state index in [2.05, 4.69) is 18.7 Å². The molecule has 0 aliphatic carbocycles. The molecular formula is C15H22N2O2. The number of anilines is 2. The fourth-order valence-electron chi connectivity index (χ4n) is 2.67. The van der Waals surface area contributed by atoms with Crippen molar-refractivity contribution in [1.82, 2.24) is 0 Å². The lowest BCUT2D eigenvalue weighted by Crippen LogP contribution is -2.40. The average molecular weight is 262 g/mol. The van der Waals surface area contributed by atoms with Crippen molar-refractivity contribution < 1.29 is 9.53 Å². The summed E-state index contributed by atoms with van der Waals surface area (Å²) in [6.07, 6.45) is 2.41. The van der Waals surface area contributed by atoms with E-state index >= 15 is 0 Å². The van der Waals surface area contributed by atoms with Crippen LogP contribution in [-0.2, 0) is 4.74 Å². The van der Waals surface area contributed by atoms with Gasteiger partial charge in [0.15, 0.2) is 0 Å². The molecule has 0 amide bonds. The summed E-state index contributed by atoms with van der Waals surface area (Å²) in [5.41, 5.74) is 8.10. The summed E-state index contributed by atoms with van der Waals surface area (Å²) in [7, 11) is 1.37. The molecule has 19 heavy (non-hydrogen) atoms. The van der Waals surface area contributed by atoms with Gasteiger partial charge in [0.2, 0.25) is 0 Å². The predicted molar refractivity (Wildman–Crippen MR) is 77.4 cm³/mol. The second kappa shape index (κ2) is 5.11. The van der Waals surface area contributed by atoms with Gasteiger partial charge in [-0.2, -0.15) is 0 Å². The van der Waals surface area contributed by atoms with Crippen LogP contribution in [0.15, 0.2) is 18.2 Å². The van der Waals surface area contributed by atoms with Gasteiger partial charge in [0.1, 0.15) is 0 Å². The van der Waals surface area contributed by atoms with E-state index in [-0.39, 0.29) is 5.97 Å². The molecule has 4 heteroatoms. The minimum atomic E-state index is -0.379. The first-order chi connectivity index (χ1) is 8.93. The highest BCUT2D eigenvalue weighted by molar-refractivity contribution is 5.96. The fraction of sp³-hybridized carbons (Fsp3) is 0.533. The van der Waals surface area contributed by atoms with Gasteiger partial charge < -0.3 is 15.4 Å². The molecule has 0 saturated carbocycles. The first-order valence-corrected chi connectivity index (χ1v) is 6.66. The molecule has 2 N–H and O–H groups in total. The van der Waals surface area contributed by atoms with E-state index in [1.54, 1.807) is 6.07 Å². The lowest BCUT2D eigenvalue weighted by Gasteiger charge is -2.39. The van der Waals surface area contributed by atoms with E-state index in [0.29, 0.717) is 16.7 Å². The first kappa shape index (κ1) is 13.7. The molecule has 0 aromatic heterocycles. The molecule has 1 fully saturated rings. The zero-order chi connectivity index (χ0) is 14.0. The van der Waals surface area contributed by atoms with E-state index in [1.807, 2.05) is 12.1 Å². The van der Waals surface area contributed by atoms with Gasteiger partial charge >= 0.3 is 5.97 Å². The van der Waals surface area contributed by atoms with Crippen LogP contribution in [0.5, 0.6) is 0 Å². The molecule has 0 unspecified atom stereocenters. The molecule has 0 radical (unpaired) electrons. The van der Waals surface area contributed by atoms with Crippen LogP contribution >= 0.6 is 0 Å². The Morgan fingerprint density at radius 1 is 1.42 bits per heavy atom. The van der Waals surface area contributed by atoms with Crippen molar-refractivity contribution in [3.05, 3.63) is 23.8 Å². The molecule has 1 aromatic rings. The average Bonchev–Trinajstić information content (AvgIpc) is 2.37. The van der Waals surface area contributed by atoms with E-state index in [4.69, 9.17) is 10.5 Å². The number of nitrogens with two attached hydrogens (primary N) is 1. The van der Waals surface area contributed by atoms with Crippen molar-refractivity contribution in [2.75, 3.05) is 30.8 Å². The highest BCUT2D eigenvalue weighted by atomic mass is 16.5. The third-order valence-electron chi connectivity index (χ3n) is 3.71. The standard InChI is InChI=1S/C15H22N2O2/c1-15(2)7-4-8-17(10-15)11-5-6-13(16)12(9-11)14(18)19-3/h5-6,9H,4,7-8,10,16H2,1-3H3. The number of piperidine rings is 1. The van der Waals surface area contributed by atoms with Crippen molar-refractivity contribution in [2.45, 2.75) is 26.7 Å². The number of benzene rings is 1. The van der Waals surface area contributed by atoms with Crippen LogP contribution in [0.2, 0.25) is 0 Å². The molecule has 1 aromatic carbocycles. The van der Waals surface area contributed by atoms with Crippen molar-refractivity contribution >= 4 is 17.3 Å². The maximum Gasteiger partial charge on any atom is 0.340 e. The molecule has 1 saturated heterocycles. The number of methoxy groups -OCH3 is 1. The highest BCUT2D eigenvalue weighted by Gasteiger charge is 2.27. The van der Waals surface area contributed by atoms with Crippen LogP contribution in [0.25, 0.3) is 0 Å². The van der Waals surface area contributed by atoms with Gasteiger partial charge in [0.25, 0.3) is 0 Å². The lowest BCUT2D eigenvalue weighted by molar-refractivity contribution is 0.0602. The molecule has 2 rings (SSSR count). The van der Waals surface area contributed by atoms with Crippen molar-refractivity contribution in [3.8, 4) is 0 Å². The number of carbonyl (C=O) groups excluding carboxylic acids is 1. The van der Waals surface area contributed by atoms with Gasteiger partial charge in [-0.15, -0.1) is 0 Å². The molecule has 0 spiro atoms. The molecule has 0 bridgehead atoms. The predicted octanol–water partition coefficient (Wildman–Crippen LogP) is 2.68. The molecule has 1 aliphatic heterocycles. The van der Waals surface area contributed by atoms with Gasteiger partial charge in [-0.1, -0.05) is 13.8 Å². The van der Waals surface area contributed by atoms with Crippen LogP contribution in [0.1, 0.15) is 37.0 Å². The number of rotatable bonds is 2. The normalized spacial score (nSPS) is 18.2. The van der Waals surface area contributed by atoms with Crippen molar-refractivity contribution in [3.63, 3.8) is 0 Å². The number of hydrogen-bond acceptors (Lipinski definition) is 4. The molecule has 1 aliphatic rings. The summed E-state index contributed by atoms with van der Waals surface area (Å²) >= 11 is 0. The molecule has 4 nitrogen and oxygen atoms in total. The Kier molecular flexibility index (Phi) is 3.69. The van der Waals surface area contributed by atoms with Crippen molar-refractivity contribution in [2.24, 2.45) is 5.41 Å². The summed E-state index contributed by atoms with van der Waals surface area (Å²) in [5.74, 6) is -0.379. The molecule has 1 heterocycles. The Balaban J connectivity index is 2.28. The van der Waals surface area contributed by atoms with Crippen LogP contribution in [0, 0.1) is 5.41 Å². The van der Waals surface area contributed by atoms with Crippen molar-refractivity contribution in [1.29, 1.82) is 0 Å². The second-order valence-electron chi connectivity index (χ2n) is 5.95. The number of nitrogen functional groups attached to an aromatic ring is 1. The van der Waals surface area contributed by atoms with Crippen LogP contribution in [0.4, 0.5) is 11.4 Å². The summed E-state index contributed by atoms with van der Waals surface area (Å²) in [6, 6.07) is 5.59. The Bertz CT molecular complexity index is 483. The molecule has 104 valence electrons. The summed E-state index contributed by atoms with van der Waals surface area (Å²) < 4.78 is 4.76. The first-order valence-electron chi connectivity index (χ1n) is 6.66. The Morgan fingerprint density at radius 2 is 2.16 bits per heavy atom. The van der Waals surface area contributed by atoms with Crippen LogP contribution < -0.4 is 10.6 Å². The highest BCUT2D eigenvalue weighted by Crippen LogP contribution is 2.32. The number of ether oxygens (including phenoxy) is 1. The van der Waals surface area contributed by atoms with Gasteiger partial charge in [0, 0.05) is 24.5 Å². The van der Waals surface area contributed by atoms with Gasteiger partial charge in [-0.05, 0) is 36.5 Å². The number of hydrogen-bond donors (Lipinski definition) is 1. The molecular weight excluding hydrogens is 240 g/mol. The topological polar surface area (TPSA) is 55.6 Å². The summed E-state index contributed by atoms with van der Waals surface area (Å²) in [6.45, 7) is 6.57. The second-order valence-corrected chi connectivity index (χ2v) is 5.95.